The highest BCUT2D eigenvalue weighted by atomic mass is 19.2. The number of ether oxygens (including phenoxy) is 1. The summed E-state index contributed by atoms with van der Waals surface area (Å²) >= 11 is 0. The molecule has 2 bridgehead atoms. The van der Waals surface area contributed by atoms with Gasteiger partial charge in [-0.25, -0.2) is 17.6 Å². The monoisotopic (exact) mass is 216 g/mol. The highest BCUT2D eigenvalue weighted by Crippen LogP contribution is 2.48. The first kappa shape index (κ1) is 8.91. The Morgan fingerprint density at radius 1 is 0.733 bits per heavy atom. The SMILES string of the molecule is Fc1c(F)c(F)c2c(c1F)C1C=C[C@H]2O1. The Morgan fingerprint density at radius 3 is 1.53 bits per heavy atom. The van der Waals surface area contributed by atoms with Crippen molar-refractivity contribution in [3.8, 4) is 0 Å². The molecular formula is C10H4F4O. The standard InChI is InChI=1S/C10H4F4O/c11-7-5-3-1-2-4(15-3)6(5)8(12)10(14)9(7)13/h1-4H/t3-,4?/m1/s1. The number of benzene rings is 1. The van der Waals surface area contributed by atoms with Crippen LogP contribution in [0.2, 0.25) is 0 Å². The summed E-state index contributed by atoms with van der Waals surface area (Å²) in [6.45, 7) is 0. The van der Waals surface area contributed by atoms with Gasteiger partial charge in [-0.05, 0) is 0 Å². The van der Waals surface area contributed by atoms with Gasteiger partial charge in [0.1, 0.15) is 12.2 Å². The van der Waals surface area contributed by atoms with Gasteiger partial charge in [0.15, 0.2) is 23.3 Å². The predicted octanol–water partition coefficient (Wildman–Crippen LogP) is 2.93. The molecule has 0 amide bonds. The lowest BCUT2D eigenvalue weighted by Gasteiger charge is -2.10. The van der Waals surface area contributed by atoms with Crippen molar-refractivity contribution in [2.75, 3.05) is 0 Å². The van der Waals surface area contributed by atoms with Crippen LogP contribution in [0.25, 0.3) is 0 Å². The van der Waals surface area contributed by atoms with E-state index in [-0.39, 0.29) is 11.1 Å². The molecule has 0 aliphatic carbocycles. The van der Waals surface area contributed by atoms with Gasteiger partial charge in [0.25, 0.3) is 0 Å². The van der Waals surface area contributed by atoms with Gasteiger partial charge in [-0.2, -0.15) is 0 Å². The van der Waals surface area contributed by atoms with E-state index in [1.54, 1.807) is 0 Å². The zero-order chi connectivity index (χ0) is 10.7. The van der Waals surface area contributed by atoms with Crippen molar-refractivity contribution in [3.05, 3.63) is 46.5 Å². The average Bonchev–Trinajstić information content (AvgIpc) is 2.82. The number of hydrogen-bond donors (Lipinski definition) is 0. The highest BCUT2D eigenvalue weighted by Gasteiger charge is 2.41. The van der Waals surface area contributed by atoms with E-state index in [9.17, 15) is 17.6 Å². The van der Waals surface area contributed by atoms with Crippen LogP contribution >= 0.6 is 0 Å². The quantitative estimate of drug-likeness (QED) is 0.280. The zero-order valence-electron chi connectivity index (χ0n) is 7.23. The summed E-state index contributed by atoms with van der Waals surface area (Å²) < 4.78 is 57.5. The number of rotatable bonds is 0. The Kier molecular flexibility index (Phi) is 1.55. The maximum absolute atomic E-state index is 13.3. The van der Waals surface area contributed by atoms with Crippen molar-refractivity contribution in [2.24, 2.45) is 0 Å². The van der Waals surface area contributed by atoms with Gasteiger partial charge >= 0.3 is 0 Å². The summed E-state index contributed by atoms with van der Waals surface area (Å²) in [7, 11) is 0. The lowest BCUT2D eigenvalue weighted by atomic mass is 9.95. The summed E-state index contributed by atoms with van der Waals surface area (Å²) in [5.74, 6) is -6.28. The maximum atomic E-state index is 13.3. The van der Waals surface area contributed by atoms with Crippen LogP contribution < -0.4 is 0 Å². The normalized spacial score (nSPS) is 26.1. The minimum Gasteiger partial charge on any atom is -0.357 e. The molecule has 5 heteroatoms. The number of fused-ring (bicyclic) bond motifs is 5. The molecule has 0 saturated heterocycles. The van der Waals surface area contributed by atoms with Gasteiger partial charge in [-0.1, -0.05) is 12.2 Å². The van der Waals surface area contributed by atoms with Crippen LogP contribution in [0.5, 0.6) is 0 Å². The Balaban J connectivity index is 2.38. The predicted molar refractivity (Wildman–Crippen MR) is 42.0 cm³/mol. The van der Waals surface area contributed by atoms with Gasteiger partial charge in [-0.3, -0.25) is 0 Å². The molecule has 2 aliphatic heterocycles. The molecule has 1 aromatic rings. The van der Waals surface area contributed by atoms with Crippen LogP contribution in [-0.2, 0) is 4.74 Å². The van der Waals surface area contributed by atoms with E-state index >= 15 is 0 Å². The average molecular weight is 216 g/mol. The van der Waals surface area contributed by atoms with E-state index in [0.29, 0.717) is 0 Å². The molecule has 0 aromatic heterocycles. The molecule has 1 unspecified atom stereocenters. The third-order valence-corrected chi connectivity index (χ3v) is 2.66. The van der Waals surface area contributed by atoms with E-state index < -0.39 is 35.5 Å². The second-order valence-electron chi connectivity index (χ2n) is 3.45. The molecule has 0 radical (unpaired) electrons. The second kappa shape index (κ2) is 2.61. The third-order valence-electron chi connectivity index (χ3n) is 2.66. The largest absolute Gasteiger partial charge is 0.357 e. The van der Waals surface area contributed by atoms with E-state index in [2.05, 4.69) is 0 Å². The molecule has 0 spiro atoms. The van der Waals surface area contributed by atoms with Crippen molar-refractivity contribution in [1.29, 1.82) is 0 Å². The zero-order valence-corrected chi connectivity index (χ0v) is 7.23. The first-order chi connectivity index (χ1) is 7.11. The molecule has 78 valence electrons. The first-order valence-electron chi connectivity index (χ1n) is 4.30. The first-order valence-corrected chi connectivity index (χ1v) is 4.30. The molecule has 1 nitrogen and oxygen atoms in total. The van der Waals surface area contributed by atoms with E-state index in [1.807, 2.05) is 0 Å². The van der Waals surface area contributed by atoms with Crippen molar-refractivity contribution in [3.63, 3.8) is 0 Å². The molecule has 3 rings (SSSR count). The Morgan fingerprint density at radius 2 is 1.13 bits per heavy atom. The fraction of sp³-hybridized carbons (Fsp3) is 0.200. The van der Waals surface area contributed by atoms with Gasteiger partial charge in [-0.15, -0.1) is 0 Å². The van der Waals surface area contributed by atoms with Gasteiger partial charge in [0.2, 0.25) is 0 Å². The second-order valence-corrected chi connectivity index (χ2v) is 3.45. The summed E-state index contributed by atoms with van der Waals surface area (Å²) in [5.41, 5.74) is -0.446. The maximum Gasteiger partial charge on any atom is 0.197 e. The summed E-state index contributed by atoms with van der Waals surface area (Å²) in [4.78, 5) is 0. The van der Waals surface area contributed by atoms with Crippen LogP contribution in [-0.4, -0.2) is 0 Å². The van der Waals surface area contributed by atoms with Crippen LogP contribution in [0.1, 0.15) is 23.3 Å². The molecule has 15 heavy (non-hydrogen) atoms. The molecule has 2 atom stereocenters. The molecule has 0 fully saturated rings. The smallest absolute Gasteiger partial charge is 0.197 e. The lowest BCUT2D eigenvalue weighted by Crippen LogP contribution is -2.07. The Hall–Kier alpha value is -1.36. The van der Waals surface area contributed by atoms with E-state index in [4.69, 9.17) is 4.74 Å². The van der Waals surface area contributed by atoms with Crippen LogP contribution in [0, 0.1) is 23.3 Å². The van der Waals surface area contributed by atoms with Gasteiger partial charge in [0.05, 0.1) is 0 Å². The van der Waals surface area contributed by atoms with Crippen LogP contribution in [0.15, 0.2) is 12.2 Å². The van der Waals surface area contributed by atoms with Crippen molar-refractivity contribution in [1.82, 2.24) is 0 Å². The highest BCUT2D eigenvalue weighted by molar-refractivity contribution is 5.45. The molecule has 2 aliphatic rings. The van der Waals surface area contributed by atoms with Gasteiger partial charge in [0, 0.05) is 11.1 Å². The fourth-order valence-electron chi connectivity index (χ4n) is 2.00. The molecule has 1 aromatic carbocycles. The van der Waals surface area contributed by atoms with E-state index in [1.165, 1.54) is 12.2 Å². The fourth-order valence-corrected chi connectivity index (χ4v) is 2.00. The Bertz CT molecular complexity index is 452. The molecule has 0 N–H and O–H groups in total. The van der Waals surface area contributed by atoms with Crippen molar-refractivity contribution < 1.29 is 22.3 Å². The molecular weight excluding hydrogens is 212 g/mol. The van der Waals surface area contributed by atoms with Crippen LogP contribution in [0.4, 0.5) is 17.6 Å². The van der Waals surface area contributed by atoms with Crippen molar-refractivity contribution >= 4 is 0 Å². The van der Waals surface area contributed by atoms with Gasteiger partial charge < -0.3 is 4.74 Å². The van der Waals surface area contributed by atoms with Crippen LogP contribution in [0.3, 0.4) is 0 Å². The summed E-state index contributed by atoms with van der Waals surface area (Å²) in [6.07, 6.45) is 1.39. The summed E-state index contributed by atoms with van der Waals surface area (Å²) in [5, 5.41) is 0. The minimum absolute atomic E-state index is 0.223. The number of halogens is 4. The Labute approximate surface area is 82.0 Å². The topological polar surface area (TPSA) is 9.23 Å². The lowest BCUT2D eigenvalue weighted by molar-refractivity contribution is 0.0854. The molecule has 2 heterocycles. The van der Waals surface area contributed by atoms with E-state index in [0.717, 1.165) is 0 Å². The third kappa shape index (κ3) is 0.911. The van der Waals surface area contributed by atoms with Crippen molar-refractivity contribution in [2.45, 2.75) is 12.2 Å². The summed E-state index contributed by atoms with van der Waals surface area (Å²) in [6, 6.07) is 0. The molecule has 0 saturated carbocycles. The number of hydrogen-bond acceptors (Lipinski definition) is 1. The minimum atomic E-state index is -1.78.